The van der Waals surface area contributed by atoms with Crippen LogP contribution in [0, 0.1) is 0 Å². The lowest BCUT2D eigenvalue weighted by atomic mass is 10.6. The molecule has 0 aromatic carbocycles. The molecule has 0 unspecified atom stereocenters. The van der Waals surface area contributed by atoms with E-state index in [0.717, 1.165) is 19.3 Å². The van der Waals surface area contributed by atoms with Crippen molar-refractivity contribution in [3.05, 3.63) is 0 Å². The zero-order valence-electron chi connectivity index (χ0n) is 7.20. The second-order valence-corrected chi connectivity index (χ2v) is 2.81. The molecular weight excluding hydrogens is 142 g/mol. The summed E-state index contributed by atoms with van der Waals surface area (Å²) in [7, 11) is 1.21. The molecule has 10 heavy (non-hydrogen) atoms. The van der Waals surface area contributed by atoms with Gasteiger partial charge in [0, 0.05) is 10.2 Å². The molecule has 0 aromatic heterocycles. The minimum atomic E-state index is 0.312. The average molecular weight is 161 g/mol. The summed E-state index contributed by atoms with van der Waals surface area (Å²) in [4.78, 5) is 0. The summed E-state index contributed by atoms with van der Waals surface area (Å²) in [6.07, 6.45) is 1.44. The summed E-state index contributed by atoms with van der Waals surface area (Å²) in [5.41, 5.74) is 0. The summed E-state index contributed by atoms with van der Waals surface area (Å²) in [5, 5.41) is 9.89. The third kappa shape index (κ3) is 4.93. The molecule has 3 N–H and O–H groups in total. The van der Waals surface area contributed by atoms with Crippen LogP contribution < -0.4 is 16.0 Å². The molecule has 0 amide bonds. The van der Waals surface area contributed by atoms with E-state index in [2.05, 4.69) is 29.8 Å². The fourth-order valence-electron chi connectivity index (χ4n) is 0.829. The van der Waals surface area contributed by atoms with E-state index in [4.69, 9.17) is 0 Å². The van der Waals surface area contributed by atoms with Gasteiger partial charge in [0.05, 0.1) is 0 Å². The molecule has 0 bridgehead atoms. The van der Waals surface area contributed by atoms with Gasteiger partial charge in [-0.15, -0.1) is 0 Å². The maximum absolute atomic E-state index is 3.32. The summed E-state index contributed by atoms with van der Waals surface area (Å²) < 4.78 is 0. The van der Waals surface area contributed by atoms with E-state index in [9.17, 15) is 0 Å². The quantitative estimate of drug-likeness (QED) is 0.324. The minimum Gasteiger partial charge on any atom is -0.293 e. The van der Waals surface area contributed by atoms with Gasteiger partial charge in [0.15, 0.2) is 0 Å². The summed E-state index contributed by atoms with van der Waals surface area (Å²) in [6, 6.07) is 0. The van der Waals surface area contributed by atoms with E-state index < -0.39 is 0 Å². The first-order valence-corrected chi connectivity index (χ1v) is 5.46. The van der Waals surface area contributed by atoms with Crippen LogP contribution in [0.2, 0.25) is 0 Å². The zero-order chi connectivity index (χ0) is 7.82. The van der Waals surface area contributed by atoms with Crippen molar-refractivity contribution < 1.29 is 0 Å². The minimum absolute atomic E-state index is 0.312. The van der Waals surface area contributed by atoms with Crippen LogP contribution in [0.1, 0.15) is 13.8 Å². The van der Waals surface area contributed by atoms with Crippen LogP contribution in [0.5, 0.6) is 0 Å². The smallest absolute Gasteiger partial charge is 0.111 e. The lowest BCUT2D eigenvalue weighted by Gasteiger charge is -2.18. The normalized spacial score (nSPS) is 11.1. The fraction of sp³-hybridized carbons (Fsp3) is 1.00. The molecule has 0 heterocycles. The maximum atomic E-state index is 3.32. The van der Waals surface area contributed by atoms with Gasteiger partial charge in [0.1, 0.15) is 6.29 Å². The highest BCUT2D eigenvalue weighted by Crippen LogP contribution is 1.68. The van der Waals surface area contributed by atoms with Crippen LogP contribution in [-0.2, 0) is 0 Å². The predicted molar refractivity (Wildman–Crippen MR) is 49.1 cm³/mol. The third-order valence-corrected chi connectivity index (χ3v) is 1.63. The first-order chi connectivity index (χ1) is 4.85. The highest BCUT2D eigenvalue weighted by Gasteiger charge is 1.99. The predicted octanol–water partition coefficient (Wildman–Crippen LogP) is -1.60. The molecule has 0 saturated carbocycles. The van der Waals surface area contributed by atoms with Gasteiger partial charge in [-0.1, -0.05) is 13.8 Å². The lowest BCUT2D eigenvalue weighted by Crippen LogP contribution is -2.52. The zero-order valence-corrected chi connectivity index (χ0v) is 9.20. The van der Waals surface area contributed by atoms with Crippen molar-refractivity contribution in [2.75, 3.05) is 19.3 Å². The second kappa shape index (κ2) is 7.21. The molecule has 0 aliphatic rings. The van der Waals surface area contributed by atoms with E-state index in [1.165, 1.54) is 10.2 Å². The number of hydrogen-bond donors (Lipinski definition) is 3. The molecule has 0 spiro atoms. The Morgan fingerprint density at radius 2 is 1.60 bits per heavy atom. The Kier molecular flexibility index (Phi) is 7.28. The van der Waals surface area contributed by atoms with Crippen molar-refractivity contribution in [1.29, 1.82) is 0 Å². The number of rotatable bonds is 6. The molecule has 0 radical (unpaired) electrons. The Morgan fingerprint density at radius 1 is 1.10 bits per heavy atom. The maximum Gasteiger partial charge on any atom is 0.111 e. The van der Waals surface area contributed by atoms with Crippen molar-refractivity contribution in [1.82, 2.24) is 16.0 Å². The SMILES string of the molecule is CCNC(NCC)NC[SiH3]. The Hall–Kier alpha value is 0.0969. The van der Waals surface area contributed by atoms with E-state index in [1.807, 2.05) is 0 Å². The monoisotopic (exact) mass is 161 g/mol. The van der Waals surface area contributed by atoms with Gasteiger partial charge < -0.3 is 0 Å². The van der Waals surface area contributed by atoms with Crippen molar-refractivity contribution in [3.8, 4) is 0 Å². The second-order valence-electron chi connectivity index (χ2n) is 2.11. The van der Waals surface area contributed by atoms with Gasteiger partial charge in [-0.05, 0) is 19.3 Å². The van der Waals surface area contributed by atoms with Gasteiger partial charge in [-0.25, -0.2) is 0 Å². The van der Waals surface area contributed by atoms with Crippen LogP contribution in [0.4, 0.5) is 0 Å². The van der Waals surface area contributed by atoms with E-state index >= 15 is 0 Å². The van der Waals surface area contributed by atoms with Gasteiger partial charge in [-0.2, -0.15) is 0 Å². The molecule has 62 valence electrons. The Labute approximate surface area is 66.4 Å². The number of nitrogens with one attached hydrogen (secondary N) is 3. The van der Waals surface area contributed by atoms with Crippen LogP contribution in [-0.4, -0.2) is 35.8 Å². The molecule has 0 aromatic rings. The van der Waals surface area contributed by atoms with Gasteiger partial charge >= 0.3 is 0 Å². The molecule has 3 nitrogen and oxygen atoms in total. The van der Waals surface area contributed by atoms with Crippen molar-refractivity contribution in [3.63, 3.8) is 0 Å². The molecule has 0 atom stereocenters. The molecular formula is C6H19N3Si. The largest absolute Gasteiger partial charge is 0.293 e. The third-order valence-electron chi connectivity index (χ3n) is 1.22. The molecule has 0 aliphatic heterocycles. The Balaban J connectivity index is 3.30. The standard InChI is InChI=1S/C6H19N3Si/c1-3-7-6(8-4-2)9-5-10/h6-9H,3-5H2,1-2,10H3. The van der Waals surface area contributed by atoms with Gasteiger partial charge in [0.25, 0.3) is 0 Å². The number of hydrogen-bond acceptors (Lipinski definition) is 3. The van der Waals surface area contributed by atoms with E-state index in [-0.39, 0.29) is 0 Å². The molecule has 4 heteroatoms. The van der Waals surface area contributed by atoms with Gasteiger partial charge in [0.2, 0.25) is 0 Å². The van der Waals surface area contributed by atoms with E-state index in [0.29, 0.717) is 6.29 Å². The highest BCUT2D eigenvalue weighted by atomic mass is 28.1. The first-order valence-electron chi connectivity index (χ1n) is 4.05. The van der Waals surface area contributed by atoms with Gasteiger partial charge in [-0.3, -0.25) is 16.0 Å². The fourth-order valence-corrected chi connectivity index (χ4v) is 1.24. The van der Waals surface area contributed by atoms with E-state index in [1.54, 1.807) is 0 Å². The molecule has 0 fully saturated rings. The van der Waals surface area contributed by atoms with Crippen LogP contribution >= 0.6 is 0 Å². The highest BCUT2D eigenvalue weighted by molar-refractivity contribution is 6.08. The summed E-state index contributed by atoms with van der Waals surface area (Å²) >= 11 is 0. The Bertz CT molecular complexity index is 55.7. The van der Waals surface area contributed by atoms with Crippen molar-refractivity contribution in [2.24, 2.45) is 0 Å². The lowest BCUT2D eigenvalue weighted by molar-refractivity contribution is 0.388. The van der Waals surface area contributed by atoms with Crippen molar-refractivity contribution in [2.45, 2.75) is 20.1 Å². The van der Waals surface area contributed by atoms with Crippen LogP contribution in [0.25, 0.3) is 0 Å². The first kappa shape index (κ1) is 10.1. The topological polar surface area (TPSA) is 36.1 Å². The molecule has 0 saturated heterocycles. The average Bonchev–Trinajstić information content (AvgIpc) is 1.90. The summed E-state index contributed by atoms with van der Waals surface area (Å²) in [6.45, 7) is 6.23. The van der Waals surface area contributed by atoms with Crippen LogP contribution in [0.3, 0.4) is 0 Å². The molecule has 0 rings (SSSR count). The summed E-state index contributed by atoms with van der Waals surface area (Å²) in [5.74, 6) is 0. The van der Waals surface area contributed by atoms with Crippen molar-refractivity contribution >= 4 is 10.2 Å². The molecule has 0 aliphatic carbocycles. The van der Waals surface area contributed by atoms with Crippen LogP contribution in [0.15, 0.2) is 0 Å². The Morgan fingerprint density at radius 3 is 1.90 bits per heavy atom.